The van der Waals surface area contributed by atoms with Gasteiger partial charge in [-0.2, -0.15) is 0 Å². The molecule has 1 spiro atoms. The number of hydrogen-bond donors (Lipinski definition) is 1. The molecular formula is C24H23ClN2O. The lowest BCUT2D eigenvalue weighted by molar-refractivity contribution is -0.127. The fraction of sp³-hybridized carbons (Fsp3) is 0.417. The number of rotatable bonds is 1. The molecule has 1 heterocycles. The molecule has 0 saturated heterocycles. The minimum atomic E-state index is -0.640. The molecule has 3 bridgehead atoms. The number of aliphatic imine (C=N–C) groups is 1. The molecular weight excluding hydrogens is 368 g/mol. The van der Waals surface area contributed by atoms with Gasteiger partial charge in [0.05, 0.1) is 11.4 Å². The molecule has 3 saturated carbocycles. The van der Waals surface area contributed by atoms with Crippen molar-refractivity contribution in [1.29, 1.82) is 0 Å². The summed E-state index contributed by atoms with van der Waals surface area (Å²) in [5, 5.41) is 3.93. The van der Waals surface area contributed by atoms with Crippen molar-refractivity contribution in [2.45, 2.75) is 37.6 Å². The first-order chi connectivity index (χ1) is 13.6. The van der Waals surface area contributed by atoms with Crippen LogP contribution in [0.1, 0.15) is 43.2 Å². The first kappa shape index (κ1) is 16.8. The SMILES string of the molecule is O=C1Nc2ccc(Cl)cc2C(c2ccccc2)=N[C@@]12[C@H]1C[C@H]3CC[C@H]2C[C@@H]3C1. The number of amides is 1. The van der Waals surface area contributed by atoms with E-state index in [1.165, 1.54) is 6.42 Å². The minimum Gasteiger partial charge on any atom is -0.323 e. The summed E-state index contributed by atoms with van der Waals surface area (Å²) in [7, 11) is 0. The van der Waals surface area contributed by atoms with Crippen molar-refractivity contribution in [3.05, 3.63) is 64.7 Å². The summed E-state index contributed by atoms with van der Waals surface area (Å²) >= 11 is 6.35. The zero-order chi connectivity index (χ0) is 18.9. The van der Waals surface area contributed by atoms with Gasteiger partial charge in [-0.05, 0) is 74.0 Å². The molecule has 1 N–H and O–H groups in total. The molecule has 3 nitrogen and oxygen atoms in total. The maximum Gasteiger partial charge on any atom is 0.252 e. The number of hydrogen-bond acceptors (Lipinski definition) is 2. The van der Waals surface area contributed by atoms with Crippen LogP contribution in [0.4, 0.5) is 5.69 Å². The van der Waals surface area contributed by atoms with E-state index in [1.807, 2.05) is 36.4 Å². The standard InChI is InChI=1S/C24H23ClN2O/c25-19-8-9-21-20(13-19)22(14-4-2-1-3-5-14)27-24(23(28)26-21)17-7-6-15-10-18(24)12-16(15)11-17/h1-5,8-9,13,15-18H,6-7,10-12H2,(H,26,28)/t15-,16-,17+,18+,24+/m1/s1. The Kier molecular flexibility index (Phi) is 3.56. The molecule has 4 aliphatic rings. The molecule has 4 heteroatoms. The van der Waals surface area contributed by atoms with Crippen molar-refractivity contribution >= 4 is 28.9 Å². The van der Waals surface area contributed by atoms with Crippen LogP contribution in [0, 0.1) is 23.7 Å². The minimum absolute atomic E-state index is 0.0954. The van der Waals surface area contributed by atoms with Crippen LogP contribution in [0.15, 0.2) is 53.5 Å². The van der Waals surface area contributed by atoms with E-state index in [0.29, 0.717) is 16.9 Å². The quantitative estimate of drug-likeness (QED) is 0.703. The molecule has 0 aromatic heterocycles. The normalized spacial score (nSPS) is 35.3. The monoisotopic (exact) mass is 390 g/mol. The van der Waals surface area contributed by atoms with E-state index in [4.69, 9.17) is 16.6 Å². The Morgan fingerprint density at radius 1 is 0.964 bits per heavy atom. The summed E-state index contributed by atoms with van der Waals surface area (Å²) in [6.45, 7) is 0. The first-order valence-corrected chi connectivity index (χ1v) is 10.8. The van der Waals surface area contributed by atoms with Crippen LogP contribution in [0.5, 0.6) is 0 Å². The Morgan fingerprint density at radius 2 is 1.75 bits per heavy atom. The van der Waals surface area contributed by atoms with Gasteiger partial charge in [-0.15, -0.1) is 0 Å². The Bertz CT molecular complexity index is 991. The molecule has 142 valence electrons. The van der Waals surface area contributed by atoms with Gasteiger partial charge < -0.3 is 5.32 Å². The lowest BCUT2D eigenvalue weighted by Gasteiger charge is -2.46. The number of benzene rings is 2. The summed E-state index contributed by atoms with van der Waals surface area (Å²) in [6, 6.07) is 16.0. The van der Waals surface area contributed by atoms with Crippen LogP contribution in [0.2, 0.25) is 5.02 Å². The van der Waals surface area contributed by atoms with Gasteiger partial charge in [0.25, 0.3) is 5.91 Å². The van der Waals surface area contributed by atoms with Gasteiger partial charge in [0.1, 0.15) is 5.54 Å². The Morgan fingerprint density at radius 3 is 2.61 bits per heavy atom. The summed E-state index contributed by atoms with van der Waals surface area (Å²) < 4.78 is 0. The molecule has 28 heavy (non-hydrogen) atoms. The van der Waals surface area contributed by atoms with Crippen molar-refractivity contribution in [2.75, 3.05) is 5.32 Å². The Hall–Kier alpha value is -2.13. The highest BCUT2D eigenvalue weighted by atomic mass is 35.5. The van der Waals surface area contributed by atoms with Crippen molar-refractivity contribution in [1.82, 2.24) is 0 Å². The molecule has 1 amide bonds. The zero-order valence-corrected chi connectivity index (χ0v) is 16.5. The van der Waals surface area contributed by atoms with Gasteiger partial charge in [0, 0.05) is 16.1 Å². The van der Waals surface area contributed by atoms with Gasteiger partial charge in [0.2, 0.25) is 0 Å². The summed E-state index contributed by atoms with van der Waals surface area (Å²) in [5.41, 5.74) is 3.07. The van der Waals surface area contributed by atoms with Crippen LogP contribution in [-0.4, -0.2) is 17.2 Å². The average molecular weight is 391 g/mol. The maximum atomic E-state index is 13.7. The number of carbonyl (C=O) groups is 1. The molecule has 2 aromatic rings. The van der Waals surface area contributed by atoms with Crippen LogP contribution in [-0.2, 0) is 4.79 Å². The van der Waals surface area contributed by atoms with Gasteiger partial charge in [-0.3, -0.25) is 9.79 Å². The van der Waals surface area contributed by atoms with Crippen molar-refractivity contribution in [3.8, 4) is 0 Å². The Labute approximate surface area is 170 Å². The fourth-order valence-electron chi connectivity index (χ4n) is 6.55. The number of fused-ring (bicyclic) bond motifs is 5. The molecule has 1 aliphatic heterocycles. The highest BCUT2D eigenvalue weighted by Gasteiger charge is 2.62. The van der Waals surface area contributed by atoms with Crippen molar-refractivity contribution < 1.29 is 4.79 Å². The third-order valence-corrected chi connectivity index (χ3v) is 7.99. The highest BCUT2D eigenvalue weighted by molar-refractivity contribution is 6.32. The second-order valence-corrected chi connectivity index (χ2v) is 9.43. The Balaban J connectivity index is 1.62. The van der Waals surface area contributed by atoms with Crippen LogP contribution in [0.3, 0.4) is 0 Å². The second-order valence-electron chi connectivity index (χ2n) is 8.99. The van der Waals surface area contributed by atoms with Gasteiger partial charge in [-0.25, -0.2) is 0 Å². The van der Waals surface area contributed by atoms with E-state index < -0.39 is 5.54 Å². The smallest absolute Gasteiger partial charge is 0.252 e. The number of nitrogens with zero attached hydrogens (tertiary/aromatic N) is 1. The van der Waals surface area contributed by atoms with Gasteiger partial charge in [0.15, 0.2) is 0 Å². The molecule has 3 aliphatic carbocycles. The van der Waals surface area contributed by atoms with Crippen molar-refractivity contribution in [3.63, 3.8) is 0 Å². The second kappa shape index (κ2) is 5.93. The van der Waals surface area contributed by atoms with E-state index in [-0.39, 0.29) is 5.91 Å². The van der Waals surface area contributed by atoms with Crippen LogP contribution >= 0.6 is 11.6 Å². The summed E-state index contributed by atoms with van der Waals surface area (Å²) in [6.07, 6.45) is 5.83. The van der Waals surface area contributed by atoms with E-state index in [2.05, 4.69) is 17.4 Å². The molecule has 3 fully saturated rings. The van der Waals surface area contributed by atoms with Crippen LogP contribution in [0.25, 0.3) is 0 Å². The average Bonchev–Trinajstić information content (AvgIpc) is 2.96. The van der Waals surface area contributed by atoms with E-state index >= 15 is 0 Å². The van der Waals surface area contributed by atoms with Gasteiger partial charge in [-0.1, -0.05) is 41.9 Å². The predicted molar refractivity (Wildman–Crippen MR) is 112 cm³/mol. The fourth-order valence-corrected chi connectivity index (χ4v) is 6.73. The molecule has 0 unspecified atom stereocenters. The van der Waals surface area contributed by atoms with Gasteiger partial charge >= 0.3 is 0 Å². The number of carbonyl (C=O) groups excluding carboxylic acids is 1. The lowest BCUT2D eigenvalue weighted by atomic mass is 9.62. The van der Waals surface area contributed by atoms with E-state index in [0.717, 1.165) is 60.0 Å². The summed E-state index contributed by atoms with van der Waals surface area (Å²) in [4.78, 5) is 19.1. The highest BCUT2D eigenvalue weighted by Crippen LogP contribution is 2.61. The summed E-state index contributed by atoms with van der Waals surface area (Å²) in [5.74, 6) is 2.39. The number of anilines is 1. The third-order valence-electron chi connectivity index (χ3n) is 7.75. The largest absolute Gasteiger partial charge is 0.323 e. The first-order valence-electron chi connectivity index (χ1n) is 10.4. The lowest BCUT2D eigenvalue weighted by Crippen LogP contribution is -2.55. The topological polar surface area (TPSA) is 41.5 Å². The maximum absolute atomic E-state index is 13.7. The van der Waals surface area contributed by atoms with Crippen LogP contribution < -0.4 is 5.32 Å². The van der Waals surface area contributed by atoms with Crippen molar-refractivity contribution in [2.24, 2.45) is 28.7 Å². The molecule has 5 atom stereocenters. The number of nitrogens with one attached hydrogen (secondary N) is 1. The molecule has 0 radical (unpaired) electrons. The predicted octanol–water partition coefficient (Wildman–Crippen LogP) is 5.32. The zero-order valence-electron chi connectivity index (χ0n) is 15.7. The molecule has 2 aromatic carbocycles. The van der Waals surface area contributed by atoms with E-state index in [1.54, 1.807) is 0 Å². The molecule has 6 rings (SSSR count). The van der Waals surface area contributed by atoms with E-state index in [9.17, 15) is 4.79 Å². The number of halogens is 1. The third kappa shape index (κ3) is 2.23.